The number of aryl methyl sites for hydroxylation is 2. The molecule has 1 saturated heterocycles. The second kappa shape index (κ2) is 8.11. The number of carbonyl (C=O) groups excluding carboxylic acids is 1. The van der Waals surface area contributed by atoms with Crippen LogP contribution in [0.4, 0.5) is 9.32 Å². The van der Waals surface area contributed by atoms with E-state index in [9.17, 15) is 14.4 Å². The number of carbonyl (C=O) groups is 1. The predicted octanol–water partition coefficient (Wildman–Crippen LogP) is 4.20. The number of pyridine rings is 1. The molecule has 1 aromatic carbocycles. The number of benzene rings is 1. The number of fused-ring (bicyclic) bond motifs is 2. The lowest BCUT2D eigenvalue weighted by Gasteiger charge is -2.29. The number of phenolic OH excluding ortho intramolecular Hbond substituents is 1. The number of amides is 1. The summed E-state index contributed by atoms with van der Waals surface area (Å²) in [6.45, 7) is 3.31. The molecule has 4 rings (SSSR count). The molecule has 0 radical (unpaired) electrons. The topological polar surface area (TPSA) is 71.9 Å². The molecule has 1 fully saturated rings. The molecule has 152 valence electrons. The van der Waals surface area contributed by atoms with Crippen molar-refractivity contribution >= 4 is 11.7 Å². The molecular formula is C22H23FN2O4. The summed E-state index contributed by atoms with van der Waals surface area (Å²) in [7, 11) is 0. The third kappa shape index (κ3) is 3.77. The Hall–Kier alpha value is -3.09. The minimum Gasteiger partial charge on any atom is -0.508 e. The Morgan fingerprint density at radius 3 is 2.66 bits per heavy atom. The van der Waals surface area contributed by atoms with Crippen LogP contribution in [-0.2, 0) is 17.6 Å². The van der Waals surface area contributed by atoms with E-state index in [1.54, 1.807) is 30.0 Å². The molecule has 0 unspecified atom stereocenters. The second-order valence-electron chi connectivity index (χ2n) is 7.26. The molecule has 1 N–H and O–H groups in total. The number of likely N-dealkylation sites (tertiary alicyclic amines) is 1. The Morgan fingerprint density at radius 1 is 1.17 bits per heavy atom. The fourth-order valence-corrected chi connectivity index (χ4v) is 4.16. The van der Waals surface area contributed by atoms with Crippen molar-refractivity contribution in [2.75, 3.05) is 19.7 Å². The SMILES string of the molecule is CCOC(=O)N1CCC(=C2c3ccc(O)cc3CCc3cc(OF)cnc32)CC1. The van der Waals surface area contributed by atoms with E-state index in [0.29, 0.717) is 45.4 Å². The van der Waals surface area contributed by atoms with Crippen LogP contribution in [0.1, 0.15) is 42.1 Å². The van der Waals surface area contributed by atoms with E-state index >= 15 is 0 Å². The molecule has 0 saturated carbocycles. The Labute approximate surface area is 168 Å². The lowest BCUT2D eigenvalue weighted by atomic mass is 9.88. The first-order valence-corrected chi connectivity index (χ1v) is 9.84. The summed E-state index contributed by atoms with van der Waals surface area (Å²) in [5.74, 6) is 0.302. The molecule has 1 amide bonds. The molecule has 1 aromatic heterocycles. The Bertz CT molecular complexity index is 963. The highest BCUT2D eigenvalue weighted by Gasteiger charge is 2.27. The van der Waals surface area contributed by atoms with Crippen molar-refractivity contribution in [3.05, 3.63) is 58.4 Å². The number of hydrogen-bond acceptors (Lipinski definition) is 5. The molecule has 29 heavy (non-hydrogen) atoms. The maximum atomic E-state index is 12.7. The number of aromatic nitrogens is 1. The lowest BCUT2D eigenvalue weighted by molar-refractivity contribution is -0.00673. The molecule has 2 aliphatic rings. The van der Waals surface area contributed by atoms with Crippen LogP contribution in [0.25, 0.3) is 5.57 Å². The van der Waals surface area contributed by atoms with Crippen LogP contribution in [0.5, 0.6) is 11.5 Å². The van der Waals surface area contributed by atoms with Crippen LogP contribution < -0.4 is 4.94 Å². The first kappa shape index (κ1) is 19.2. The molecule has 0 bridgehead atoms. The summed E-state index contributed by atoms with van der Waals surface area (Å²) in [6.07, 6.45) is 3.89. The first-order chi connectivity index (χ1) is 14.1. The van der Waals surface area contributed by atoms with Crippen molar-refractivity contribution in [2.45, 2.75) is 32.6 Å². The average Bonchev–Trinajstić information content (AvgIpc) is 2.90. The second-order valence-corrected chi connectivity index (χ2v) is 7.26. The van der Waals surface area contributed by atoms with Gasteiger partial charge in [-0.15, -0.1) is 0 Å². The molecule has 0 atom stereocenters. The third-order valence-electron chi connectivity index (χ3n) is 5.54. The number of halogens is 1. The van der Waals surface area contributed by atoms with Crippen molar-refractivity contribution in [3.63, 3.8) is 0 Å². The van der Waals surface area contributed by atoms with Crippen molar-refractivity contribution in [2.24, 2.45) is 0 Å². The number of phenols is 1. The van der Waals surface area contributed by atoms with Gasteiger partial charge in [0.05, 0.1) is 18.5 Å². The van der Waals surface area contributed by atoms with Crippen molar-refractivity contribution in [1.82, 2.24) is 9.88 Å². The Morgan fingerprint density at radius 2 is 1.93 bits per heavy atom. The van der Waals surface area contributed by atoms with Crippen molar-refractivity contribution in [1.29, 1.82) is 0 Å². The van der Waals surface area contributed by atoms with Gasteiger partial charge in [-0.3, -0.25) is 9.93 Å². The summed E-state index contributed by atoms with van der Waals surface area (Å²) >= 11 is 0. The minimum absolute atomic E-state index is 0.0824. The number of nitrogens with zero attached hydrogens (tertiary/aromatic N) is 2. The highest BCUT2D eigenvalue weighted by atomic mass is 19.3. The van der Waals surface area contributed by atoms with Gasteiger partial charge in [-0.2, -0.15) is 0 Å². The maximum absolute atomic E-state index is 12.7. The van der Waals surface area contributed by atoms with E-state index in [1.807, 2.05) is 6.07 Å². The van der Waals surface area contributed by atoms with Gasteiger partial charge in [-0.05, 0) is 67.5 Å². The smallest absolute Gasteiger partial charge is 0.409 e. The number of hydrogen-bond donors (Lipinski definition) is 1. The van der Waals surface area contributed by atoms with Gasteiger partial charge in [-0.1, -0.05) is 11.6 Å². The lowest BCUT2D eigenvalue weighted by Crippen LogP contribution is -2.37. The molecule has 1 aliphatic heterocycles. The average molecular weight is 398 g/mol. The quantitative estimate of drug-likeness (QED) is 0.821. The van der Waals surface area contributed by atoms with Gasteiger partial charge < -0.3 is 14.7 Å². The summed E-state index contributed by atoms with van der Waals surface area (Å²) < 4.78 is 17.8. The van der Waals surface area contributed by atoms with Crippen LogP contribution in [0.3, 0.4) is 0 Å². The van der Waals surface area contributed by atoms with Gasteiger partial charge in [0, 0.05) is 23.2 Å². The van der Waals surface area contributed by atoms with E-state index in [1.165, 1.54) is 11.8 Å². The summed E-state index contributed by atoms with van der Waals surface area (Å²) in [5.41, 5.74) is 5.99. The zero-order chi connectivity index (χ0) is 20.4. The molecule has 2 heterocycles. The van der Waals surface area contributed by atoms with E-state index in [-0.39, 0.29) is 17.6 Å². The number of aromatic hydroxyl groups is 1. The van der Waals surface area contributed by atoms with Gasteiger partial charge >= 0.3 is 6.09 Å². The molecular weight excluding hydrogens is 375 g/mol. The zero-order valence-corrected chi connectivity index (χ0v) is 16.3. The molecule has 0 spiro atoms. The van der Waals surface area contributed by atoms with Gasteiger partial charge in [0.25, 0.3) is 0 Å². The van der Waals surface area contributed by atoms with E-state index in [2.05, 4.69) is 9.93 Å². The van der Waals surface area contributed by atoms with Gasteiger partial charge in [0.2, 0.25) is 0 Å². The maximum Gasteiger partial charge on any atom is 0.409 e. The van der Waals surface area contributed by atoms with E-state index in [0.717, 1.165) is 28.0 Å². The van der Waals surface area contributed by atoms with Gasteiger partial charge in [0.15, 0.2) is 5.75 Å². The van der Waals surface area contributed by atoms with Crippen LogP contribution in [0, 0.1) is 0 Å². The van der Waals surface area contributed by atoms with Crippen LogP contribution in [-0.4, -0.2) is 40.8 Å². The van der Waals surface area contributed by atoms with Crippen LogP contribution in [0.2, 0.25) is 0 Å². The van der Waals surface area contributed by atoms with Crippen molar-refractivity contribution in [3.8, 4) is 11.5 Å². The molecule has 7 heteroatoms. The molecule has 1 aliphatic carbocycles. The standard InChI is InChI=1S/C22H23FN2O4/c1-2-28-22(27)25-9-7-14(8-10-25)20-19-6-5-17(26)11-15(19)3-4-16-12-18(29-23)13-24-21(16)20/h5-6,11-13,26H,2-4,7-10H2,1H3. The fraction of sp³-hybridized carbons (Fsp3) is 0.364. The Kier molecular flexibility index (Phi) is 5.38. The zero-order valence-electron chi connectivity index (χ0n) is 16.3. The van der Waals surface area contributed by atoms with Gasteiger partial charge in [-0.25, -0.2) is 4.79 Å². The van der Waals surface area contributed by atoms with E-state index < -0.39 is 0 Å². The van der Waals surface area contributed by atoms with Crippen LogP contribution in [0.15, 0.2) is 36.0 Å². The fourth-order valence-electron chi connectivity index (χ4n) is 4.16. The van der Waals surface area contributed by atoms with Crippen LogP contribution >= 0.6 is 0 Å². The highest BCUT2D eigenvalue weighted by molar-refractivity contribution is 5.85. The van der Waals surface area contributed by atoms with Crippen molar-refractivity contribution < 1.29 is 24.1 Å². The first-order valence-electron chi connectivity index (χ1n) is 9.84. The van der Waals surface area contributed by atoms with Gasteiger partial charge in [0.1, 0.15) is 5.75 Å². The van der Waals surface area contributed by atoms with E-state index in [4.69, 9.17) is 4.74 Å². The minimum atomic E-state index is -0.286. The highest BCUT2D eigenvalue weighted by Crippen LogP contribution is 2.39. The summed E-state index contributed by atoms with van der Waals surface area (Å²) in [4.78, 5) is 22.2. The summed E-state index contributed by atoms with van der Waals surface area (Å²) in [5, 5.41) is 9.96. The third-order valence-corrected chi connectivity index (χ3v) is 5.54. The number of rotatable bonds is 2. The number of piperidine rings is 1. The molecule has 2 aromatic rings. The predicted molar refractivity (Wildman–Crippen MR) is 105 cm³/mol. The monoisotopic (exact) mass is 398 g/mol. The normalized spacial score (nSPS) is 16.0. The molecule has 6 nitrogen and oxygen atoms in total. The summed E-state index contributed by atoms with van der Waals surface area (Å²) in [6, 6.07) is 7.06. The largest absolute Gasteiger partial charge is 0.508 e. The number of ether oxygens (including phenoxy) is 1. The Balaban J connectivity index is 1.77.